The Morgan fingerprint density at radius 2 is 2.09 bits per heavy atom. The molecule has 1 saturated heterocycles. The van der Waals surface area contributed by atoms with Crippen molar-refractivity contribution in [1.29, 1.82) is 0 Å². The predicted octanol–water partition coefficient (Wildman–Crippen LogP) is 1.94. The standard InChI is InChI=1S/C19H19N7O.C4H8O2/c1-20-16-8-15(13-9-21-17-12(13)4-3-7-25(17)2)24-18-14(10-22-26(16)18)19(27)23-11-5-6-11;5-4-1-2-6-3-4/h3-4,7-11,20H,5-6H2,1-2H3,(H,23,27);4-5H,1-3H2. The fraction of sp³-hybridized carbons (Fsp3) is 0.391. The molecule has 1 aliphatic carbocycles. The van der Waals surface area contributed by atoms with Gasteiger partial charge in [-0.1, -0.05) is 0 Å². The van der Waals surface area contributed by atoms with Crippen molar-refractivity contribution in [2.75, 3.05) is 25.6 Å². The fourth-order valence-corrected chi connectivity index (χ4v) is 3.83. The van der Waals surface area contributed by atoms with Crippen molar-refractivity contribution >= 4 is 17.4 Å². The molecule has 0 bridgehead atoms. The molecule has 5 heterocycles. The van der Waals surface area contributed by atoms with Crippen LogP contribution in [0.15, 0.2) is 36.8 Å². The van der Waals surface area contributed by atoms with Gasteiger partial charge in [0.1, 0.15) is 17.2 Å². The lowest BCUT2D eigenvalue weighted by atomic mass is 10.1. The van der Waals surface area contributed by atoms with Gasteiger partial charge in [0.2, 0.25) is 0 Å². The summed E-state index contributed by atoms with van der Waals surface area (Å²) in [6.07, 6.45) is 8.08. The van der Waals surface area contributed by atoms with E-state index in [0.29, 0.717) is 17.8 Å². The van der Waals surface area contributed by atoms with Crippen molar-refractivity contribution in [3.05, 3.63) is 42.4 Å². The van der Waals surface area contributed by atoms with Crippen molar-refractivity contribution in [3.63, 3.8) is 0 Å². The Hall–Kier alpha value is -3.50. The third-order valence-corrected chi connectivity index (χ3v) is 5.82. The van der Waals surface area contributed by atoms with Gasteiger partial charge in [-0.15, -0.1) is 0 Å². The Morgan fingerprint density at radius 1 is 1.24 bits per heavy atom. The number of nitrogens with zero attached hydrogens (tertiary/aromatic N) is 5. The minimum atomic E-state index is -0.176. The number of carbonyl (C=O) groups is 1. The van der Waals surface area contributed by atoms with Gasteiger partial charge in [-0.3, -0.25) is 4.79 Å². The zero-order valence-electron chi connectivity index (χ0n) is 18.7. The maximum absolute atomic E-state index is 12.6. The highest BCUT2D eigenvalue weighted by Gasteiger charge is 2.26. The summed E-state index contributed by atoms with van der Waals surface area (Å²) < 4.78 is 8.44. The fourth-order valence-electron chi connectivity index (χ4n) is 3.83. The molecule has 172 valence electrons. The van der Waals surface area contributed by atoms with Gasteiger partial charge in [0.25, 0.3) is 5.91 Å². The number of aromatic nitrogens is 5. The van der Waals surface area contributed by atoms with E-state index in [4.69, 9.17) is 14.8 Å². The van der Waals surface area contributed by atoms with Crippen LogP contribution in [-0.2, 0) is 11.8 Å². The largest absolute Gasteiger partial charge is 0.391 e. The minimum Gasteiger partial charge on any atom is -0.391 e. The van der Waals surface area contributed by atoms with Crippen molar-refractivity contribution in [2.45, 2.75) is 31.4 Å². The molecule has 33 heavy (non-hydrogen) atoms. The smallest absolute Gasteiger partial charge is 0.256 e. The normalized spacial score (nSPS) is 17.7. The number of aliphatic hydroxyl groups is 1. The first-order valence-corrected chi connectivity index (χ1v) is 11.1. The Bertz CT molecular complexity index is 1250. The number of ether oxygens (including phenoxy) is 1. The number of aryl methyl sites for hydroxylation is 1. The minimum absolute atomic E-state index is 0.129. The van der Waals surface area contributed by atoms with E-state index in [0.717, 1.165) is 54.3 Å². The summed E-state index contributed by atoms with van der Waals surface area (Å²) in [5.74, 6) is 1.52. The summed E-state index contributed by atoms with van der Waals surface area (Å²) in [7, 11) is 3.79. The highest BCUT2D eigenvalue weighted by Crippen LogP contribution is 2.33. The molecule has 10 heteroatoms. The molecule has 4 aliphatic rings. The maximum Gasteiger partial charge on any atom is 0.256 e. The Labute approximate surface area is 191 Å². The molecule has 2 fully saturated rings. The quantitative estimate of drug-likeness (QED) is 0.436. The number of pyridine rings is 1. The van der Waals surface area contributed by atoms with Crippen LogP contribution in [-0.4, -0.2) is 67.6 Å². The Kier molecular flexibility index (Phi) is 5.69. The van der Waals surface area contributed by atoms with Crippen molar-refractivity contribution in [2.24, 2.45) is 7.05 Å². The molecule has 0 spiro atoms. The van der Waals surface area contributed by atoms with Gasteiger partial charge < -0.3 is 25.0 Å². The zero-order chi connectivity index (χ0) is 22.9. The van der Waals surface area contributed by atoms with Crippen LogP contribution in [0, 0.1) is 0 Å². The molecule has 3 aliphatic heterocycles. The highest BCUT2D eigenvalue weighted by molar-refractivity contribution is 6.00. The number of nitrogens with one attached hydrogen (secondary N) is 2. The van der Waals surface area contributed by atoms with Crippen molar-refractivity contribution in [1.82, 2.24) is 29.5 Å². The SMILES string of the molecule is CNc1cc(-c2cnc3n(C)cccc2-3)nc2c(C(=O)NC3CC3)cnn12.OC1CCOC1. The van der Waals surface area contributed by atoms with E-state index >= 15 is 0 Å². The summed E-state index contributed by atoms with van der Waals surface area (Å²) in [6.45, 7) is 1.28. The number of carbonyl (C=O) groups excluding carboxylic acids is 1. The molecule has 1 saturated carbocycles. The number of rotatable bonds is 4. The van der Waals surface area contributed by atoms with Crippen LogP contribution in [0.5, 0.6) is 0 Å². The highest BCUT2D eigenvalue weighted by atomic mass is 16.5. The zero-order valence-corrected chi connectivity index (χ0v) is 18.7. The van der Waals surface area contributed by atoms with Gasteiger partial charge in [0, 0.05) is 56.3 Å². The van der Waals surface area contributed by atoms with E-state index in [1.54, 1.807) is 10.7 Å². The van der Waals surface area contributed by atoms with Crippen LogP contribution in [0.4, 0.5) is 5.82 Å². The molecular formula is C23H27N7O3. The van der Waals surface area contributed by atoms with Gasteiger partial charge >= 0.3 is 0 Å². The monoisotopic (exact) mass is 449 g/mol. The molecule has 1 unspecified atom stereocenters. The van der Waals surface area contributed by atoms with Gasteiger partial charge in [0.05, 0.1) is 24.6 Å². The lowest BCUT2D eigenvalue weighted by Crippen LogP contribution is -2.25. The van der Waals surface area contributed by atoms with Crippen molar-refractivity contribution < 1.29 is 14.6 Å². The van der Waals surface area contributed by atoms with Crippen LogP contribution in [0.25, 0.3) is 28.3 Å². The summed E-state index contributed by atoms with van der Waals surface area (Å²) in [5, 5.41) is 19.1. The van der Waals surface area contributed by atoms with Crippen LogP contribution >= 0.6 is 0 Å². The number of hydrogen-bond acceptors (Lipinski definition) is 7. The van der Waals surface area contributed by atoms with E-state index in [1.165, 1.54) is 0 Å². The van der Waals surface area contributed by atoms with Gasteiger partial charge in [-0.2, -0.15) is 9.61 Å². The number of aliphatic hydroxyl groups excluding tert-OH is 1. The second-order valence-electron chi connectivity index (χ2n) is 8.36. The van der Waals surface area contributed by atoms with Crippen LogP contribution in [0.2, 0.25) is 0 Å². The van der Waals surface area contributed by atoms with Crippen molar-refractivity contribution in [3.8, 4) is 22.6 Å². The number of hydrogen-bond donors (Lipinski definition) is 3. The van der Waals surface area contributed by atoms with Crippen LogP contribution < -0.4 is 10.6 Å². The Balaban J connectivity index is 0.000000332. The number of fused-ring (bicyclic) bond motifs is 2. The predicted molar refractivity (Wildman–Crippen MR) is 123 cm³/mol. The molecule has 2 aromatic heterocycles. The second-order valence-corrected chi connectivity index (χ2v) is 8.36. The molecular weight excluding hydrogens is 422 g/mol. The topological polar surface area (TPSA) is 119 Å². The number of amides is 1. The Morgan fingerprint density at radius 3 is 2.76 bits per heavy atom. The maximum atomic E-state index is 12.6. The van der Waals surface area contributed by atoms with Gasteiger partial charge in [0.15, 0.2) is 5.65 Å². The van der Waals surface area contributed by atoms with Crippen LogP contribution in [0.1, 0.15) is 29.6 Å². The molecule has 0 radical (unpaired) electrons. The first-order valence-electron chi connectivity index (χ1n) is 11.1. The molecule has 6 rings (SSSR count). The first kappa shape index (κ1) is 21.4. The van der Waals surface area contributed by atoms with Gasteiger partial charge in [-0.05, 0) is 31.4 Å². The molecule has 10 nitrogen and oxygen atoms in total. The summed E-state index contributed by atoms with van der Waals surface area (Å²) >= 11 is 0. The second kappa shape index (κ2) is 8.80. The lowest BCUT2D eigenvalue weighted by molar-refractivity contribution is 0.0952. The third kappa shape index (κ3) is 4.27. The van der Waals surface area contributed by atoms with Gasteiger partial charge in [-0.25, -0.2) is 9.97 Å². The summed E-state index contributed by atoms with van der Waals surface area (Å²) in [6, 6.07) is 6.21. The summed E-state index contributed by atoms with van der Waals surface area (Å²) in [4.78, 5) is 21.9. The molecule has 3 N–H and O–H groups in total. The van der Waals surface area contributed by atoms with E-state index in [-0.39, 0.29) is 18.1 Å². The summed E-state index contributed by atoms with van der Waals surface area (Å²) in [5.41, 5.74) is 3.71. The third-order valence-electron chi connectivity index (χ3n) is 5.82. The van der Waals surface area contributed by atoms with Crippen LogP contribution in [0.3, 0.4) is 0 Å². The average Bonchev–Trinajstić information content (AvgIpc) is 3.20. The van der Waals surface area contributed by atoms with E-state index < -0.39 is 0 Å². The lowest BCUT2D eigenvalue weighted by Gasteiger charge is -2.10. The van der Waals surface area contributed by atoms with E-state index in [2.05, 4.69) is 20.7 Å². The molecule has 2 aromatic rings. The van der Waals surface area contributed by atoms with E-state index in [9.17, 15) is 4.79 Å². The van der Waals surface area contributed by atoms with E-state index in [1.807, 2.05) is 49.3 Å². The molecule has 1 atom stereocenters. The number of anilines is 1. The molecule has 0 aromatic carbocycles. The molecule has 1 amide bonds. The average molecular weight is 450 g/mol. The first-order chi connectivity index (χ1) is 16.0.